The summed E-state index contributed by atoms with van der Waals surface area (Å²) in [6.07, 6.45) is 2.64. The molecule has 0 saturated heterocycles. The molecule has 108 valence electrons. The number of nitrogens with one attached hydrogen (secondary N) is 1. The molecule has 0 bridgehead atoms. The monoisotopic (exact) mass is 279 g/mol. The molecule has 0 fully saturated rings. The van der Waals surface area contributed by atoms with Crippen molar-refractivity contribution in [2.45, 2.75) is 26.3 Å². The zero-order valence-electron chi connectivity index (χ0n) is 12.0. The van der Waals surface area contributed by atoms with Crippen molar-refractivity contribution < 1.29 is 8.78 Å². The third-order valence-corrected chi connectivity index (χ3v) is 3.24. The quantitative estimate of drug-likeness (QED) is 0.911. The zero-order chi connectivity index (χ0) is 14.7. The van der Waals surface area contributed by atoms with E-state index in [9.17, 15) is 8.78 Å². The van der Waals surface area contributed by atoms with Gasteiger partial charge in [0.25, 0.3) is 0 Å². The number of rotatable bonds is 5. The van der Waals surface area contributed by atoms with Crippen LogP contribution in [0.4, 0.5) is 8.78 Å². The Labute approximate surface area is 117 Å². The van der Waals surface area contributed by atoms with E-state index in [1.54, 1.807) is 30.9 Å². The average molecular weight is 279 g/mol. The van der Waals surface area contributed by atoms with Crippen molar-refractivity contribution in [2.24, 2.45) is 7.05 Å². The molecule has 1 unspecified atom stereocenters. The molecule has 0 aliphatic carbocycles. The highest BCUT2D eigenvalue weighted by atomic mass is 19.1. The molecule has 2 rings (SSSR count). The van der Waals surface area contributed by atoms with Crippen LogP contribution in [0.3, 0.4) is 0 Å². The van der Waals surface area contributed by atoms with Gasteiger partial charge in [0.2, 0.25) is 0 Å². The van der Waals surface area contributed by atoms with Crippen LogP contribution in [0.25, 0.3) is 0 Å². The summed E-state index contributed by atoms with van der Waals surface area (Å²) in [5.41, 5.74) is 1.09. The van der Waals surface area contributed by atoms with Gasteiger partial charge in [0.05, 0.1) is 11.7 Å². The van der Waals surface area contributed by atoms with E-state index in [1.807, 2.05) is 6.92 Å². The van der Waals surface area contributed by atoms with E-state index in [0.717, 1.165) is 6.42 Å². The Morgan fingerprint density at radius 1 is 1.30 bits per heavy atom. The molecule has 0 amide bonds. The Morgan fingerprint density at radius 3 is 2.65 bits per heavy atom. The summed E-state index contributed by atoms with van der Waals surface area (Å²) in [5, 5.41) is 7.44. The van der Waals surface area contributed by atoms with E-state index in [2.05, 4.69) is 10.4 Å². The third kappa shape index (κ3) is 2.88. The Kier molecular flexibility index (Phi) is 4.49. The lowest BCUT2D eigenvalue weighted by Crippen LogP contribution is -2.26. The summed E-state index contributed by atoms with van der Waals surface area (Å²) in [5.74, 6) is -1.06. The van der Waals surface area contributed by atoms with Crippen molar-refractivity contribution in [1.29, 1.82) is 0 Å². The Bertz CT molecular complexity index is 593. The predicted molar refractivity (Wildman–Crippen MR) is 74.4 cm³/mol. The average Bonchev–Trinajstić information content (AvgIpc) is 2.84. The van der Waals surface area contributed by atoms with Crippen LogP contribution in [0, 0.1) is 18.6 Å². The van der Waals surface area contributed by atoms with Crippen molar-refractivity contribution in [1.82, 2.24) is 15.1 Å². The van der Waals surface area contributed by atoms with Gasteiger partial charge in [0, 0.05) is 18.8 Å². The second-order valence-electron chi connectivity index (χ2n) is 4.89. The number of nitrogens with zero attached hydrogens (tertiary/aromatic N) is 2. The van der Waals surface area contributed by atoms with Gasteiger partial charge in [0.1, 0.15) is 11.6 Å². The molecule has 0 aliphatic rings. The number of hydrogen-bond acceptors (Lipinski definition) is 2. The summed E-state index contributed by atoms with van der Waals surface area (Å²) in [4.78, 5) is 0. The van der Waals surface area contributed by atoms with Crippen molar-refractivity contribution in [3.05, 3.63) is 52.9 Å². The molecule has 1 aromatic heterocycles. The first kappa shape index (κ1) is 14.7. The molecule has 5 heteroatoms. The van der Waals surface area contributed by atoms with Gasteiger partial charge < -0.3 is 5.32 Å². The van der Waals surface area contributed by atoms with Crippen LogP contribution in [0.15, 0.2) is 24.4 Å². The summed E-state index contributed by atoms with van der Waals surface area (Å²) in [6, 6.07) is 3.95. The first-order chi connectivity index (χ1) is 9.54. The second-order valence-corrected chi connectivity index (χ2v) is 4.89. The van der Waals surface area contributed by atoms with Gasteiger partial charge in [-0.25, -0.2) is 8.78 Å². The van der Waals surface area contributed by atoms with Gasteiger partial charge >= 0.3 is 0 Å². The lowest BCUT2D eigenvalue weighted by molar-refractivity contribution is 0.491. The summed E-state index contributed by atoms with van der Waals surface area (Å²) in [7, 11) is 1.78. The van der Waals surface area contributed by atoms with Crippen LogP contribution in [0.2, 0.25) is 0 Å². The van der Waals surface area contributed by atoms with E-state index >= 15 is 0 Å². The number of benzene rings is 1. The molecule has 1 N–H and O–H groups in total. The predicted octanol–water partition coefficient (Wildman–Crippen LogP) is 3.10. The minimum absolute atomic E-state index is 0.0390. The largest absolute Gasteiger partial charge is 0.305 e. The van der Waals surface area contributed by atoms with Crippen LogP contribution >= 0.6 is 0 Å². The molecule has 0 aliphatic heterocycles. The van der Waals surface area contributed by atoms with Gasteiger partial charge in [-0.1, -0.05) is 13.0 Å². The summed E-state index contributed by atoms with van der Waals surface area (Å²) >= 11 is 0. The van der Waals surface area contributed by atoms with Crippen molar-refractivity contribution >= 4 is 0 Å². The lowest BCUT2D eigenvalue weighted by atomic mass is 10.00. The van der Waals surface area contributed by atoms with E-state index in [-0.39, 0.29) is 5.56 Å². The molecule has 1 heterocycles. The fraction of sp³-hybridized carbons (Fsp3) is 0.400. The van der Waals surface area contributed by atoms with Crippen LogP contribution in [-0.4, -0.2) is 16.3 Å². The SMILES string of the molecule is CCCNC(c1ccn(C)n1)c1c(F)ccc(C)c1F. The van der Waals surface area contributed by atoms with Crippen LogP contribution in [-0.2, 0) is 7.05 Å². The summed E-state index contributed by atoms with van der Waals surface area (Å²) in [6.45, 7) is 4.30. The molecule has 1 aromatic carbocycles. The van der Waals surface area contributed by atoms with Crippen molar-refractivity contribution in [2.75, 3.05) is 6.54 Å². The molecule has 2 aromatic rings. The van der Waals surface area contributed by atoms with Crippen molar-refractivity contribution in [3.8, 4) is 0 Å². The van der Waals surface area contributed by atoms with Crippen LogP contribution in [0.1, 0.15) is 36.2 Å². The lowest BCUT2D eigenvalue weighted by Gasteiger charge is -2.19. The normalized spacial score (nSPS) is 12.7. The molecule has 20 heavy (non-hydrogen) atoms. The minimum Gasteiger partial charge on any atom is -0.305 e. The highest BCUT2D eigenvalue weighted by Crippen LogP contribution is 2.27. The maximum atomic E-state index is 14.3. The van der Waals surface area contributed by atoms with E-state index in [1.165, 1.54) is 12.1 Å². The third-order valence-electron chi connectivity index (χ3n) is 3.24. The van der Waals surface area contributed by atoms with E-state index in [0.29, 0.717) is 17.8 Å². The fourth-order valence-electron chi connectivity index (χ4n) is 2.17. The maximum Gasteiger partial charge on any atom is 0.134 e. The van der Waals surface area contributed by atoms with Crippen LogP contribution < -0.4 is 5.32 Å². The van der Waals surface area contributed by atoms with E-state index < -0.39 is 17.7 Å². The molecule has 0 saturated carbocycles. The Hall–Kier alpha value is -1.75. The van der Waals surface area contributed by atoms with Gasteiger partial charge in [-0.15, -0.1) is 0 Å². The Balaban J connectivity index is 2.49. The number of aryl methyl sites for hydroxylation is 2. The molecular weight excluding hydrogens is 260 g/mol. The number of aromatic nitrogens is 2. The molecular formula is C15H19F2N3. The Morgan fingerprint density at radius 2 is 2.05 bits per heavy atom. The topological polar surface area (TPSA) is 29.9 Å². The molecule has 3 nitrogen and oxygen atoms in total. The minimum atomic E-state index is -0.573. The maximum absolute atomic E-state index is 14.3. The second kappa shape index (κ2) is 6.13. The highest BCUT2D eigenvalue weighted by Gasteiger charge is 2.24. The standard InChI is InChI=1S/C15H19F2N3/c1-4-8-18-15(12-7-9-20(3)19-12)13-11(16)6-5-10(2)14(13)17/h5-7,9,15,18H,4,8H2,1-3H3. The first-order valence-corrected chi connectivity index (χ1v) is 6.72. The number of hydrogen-bond donors (Lipinski definition) is 1. The molecule has 0 radical (unpaired) electrons. The van der Waals surface area contributed by atoms with Gasteiger partial charge in [0.15, 0.2) is 0 Å². The van der Waals surface area contributed by atoms with Gasteiger partial charge in [-0.3, -0.25) is 4.68 Å². The summed E-state index contributed by atoms with van der Waals surface area (Å²) < 4.78 is 30.0. The zero-order valence-corrected chi connectivity index (χ0v) is 12.0. The number of halogens is 2. The molecule has 0 spiro atoms. The highest BCUT2D eigenvalue weighted by molar-refractivity contribution is 5.34. The fourth-order valence-corrected chi connectivity index (χ4v) is 2.17. The van der Waals surface area contributed by atoms with Crippen molar-refractivity contribution in [3.63, 3.8) is 0 Å². The van der Waals surface area contributed by atoms with Gasteiger partial charge in [-0.05, 0) is 37.6 Å². The smallest absolute Gasteiger partial charge is 0.134 e. The van der Waals surface area contributed by atoms with E-state index in [4.69, 9.17) is 0 Å². The molecule has 1 atom stereocenters. The van der Waals surface area contributed by atoms with Crippen LogP contribution in [0.5, 0.6) is 0 Å². The first-order valence-electron chi connectivity index (χ1n) is 6.72. The van der Waals surface area contributed by atoms with Gasteiger partial charge in [-0.2, -0.15) is 5.10 Å².